The van der Waals surface area contributed by atoms with Gasteiger partial charge in [-0.1, -0.05) is 36.4 Å². The Labute approximate surface area is 163 Å². The lowest BCUT2D eigenvalue weighted by molar-refractivity contribution is 0.0600. The summed E-state index contributed by atoms with van der Waals surface area (Å²) < 4.78 is 6.94. The van der Waals surface area contributed by atoms with Crippen molar-refractivity contribution < 1.29 is 14.6 Å². The Hall–Kier alpha value is -3.53. The number of phenols is 1. The average molecular weight is 371 g/mol. The largest absolute Gasteiger partial charge is 0.508 e. The second-order valence-corrected chi connectivity index (χ2v) is 6.82. The summed E-state index contributed by atoms with van der Waals surface area (Å²) in [6.07, 6.45) is 2.07. The molecule has 0 atom stereocenters. The number of esters is 1. The van der Waals surface area contributed by atoms with Crippen molar-refractivity contribution in [2.45, 2.75) is 13.5 Å². The van der Waals surface area contributed by atoms with Gasteiger partial charge in [0.1, 0.15) is 5.75 Å². The van der Waals surface area contributed by atoms with Crippen molar-refractivity contribution in [2.24, 2.45) is 0 Å². The van der Waals surface area contributed by atoms with Gasteiger partial charge in [0.15, 0.2) is 0 Å². The van der Waals surface area contributed by atoms with Crippen LogP contribution in [0.5, 0.6) is 5.75 Å². The summed E-state index contributed by atoms with van der Waals surface area (Å²) in [5.74, 6) is -0.0243. The van der Waals surface area contributed by atoms with Gasteiger partial charge in [-0.3, -0.25) is 0 Å². The number of hydrogen-bond acceptors (Lipinski definition) is 3. The molecule has 0 fully saturated rings. The first-order chi connectivity index (χ1) is 13.6. The third kappa shape index (κ3) is 3.14. The number of carbonyl (C=O) groups is 1. The van der Waals surface area contributed by atoms with Crippen LogP contribution in [0.4, 0.5) is 0 Å². The number of aromatic nitrogens is 1. The topological polar surface area (TPSA) is 51.5 Å². The Morgan fingerprint density at radius 3 is 2.43 bits per heavy atom. The highest BCUT2D eigenvalue weighted by atomic mass is 16.5. The number of benzene rings is 3. The molecular formula is C24H21NO3. The minimum absolute atomic E-state index is 0.305. The highest BCUT2D eigenvalue weighted by Crippen LogP contribution is 2.34. The van der Waals surface area contributed by atoms with Gasteiger partial charge in [0.25, 0.3) is 0 Å². The highest BCUT2D eigenvalue weighted by Gasteiger charge is 2.11. The summed E-state index contributed by atoms with van der Waals surface area (Å²) in [7, 11) is 1.38. The molecule has 0 aliphatic carbocycles. The Morgan fingerprint density at radius 1 is 0.964 bits per heavy atom. The Bertz CT molecular complexity index is 1160. The lowest BCUT2D eigenvalue weighted by atomic mass is 9.97. The predicted molar refractivity (Wildman–Crippen MR) is 111 cm³/mol. The van der Waals surface area contributed by atoms with Gasteiger partial charge in [0.05, 0.1) is 12.7 Å². The van der Waals surface area contributed by atoms with Crippen molar-refractivity contribution in [2.75, 3.05) is 7.11 Å². The number of nitrogens with zero attached hydrogens (tertiary/aromatic N) is 1. The maximum Gasteiger partial charge on any atom is 0.337 e. The molecule has 4 rings (SSSR count). The van der Waals surface area contributed by atoms with E-state index in [1.54, 1.807) is 18.2 Å². The fourth-order valence-corrected chi connectivity index (χ4v) is 3.57. The third-order valence-corrected chi connectivity index (χ3v) is 5.14. The SMILES string of the molecule is COC(=O)c1ccc(Cn2ccc3c(-c4cccc(O)c4C)cccc32)cc1. The van der Waals surface area contributed by atoms with Gasteiger partial charge in [-0.2, -0.15) is 0 Å². The maximum absolute atomic E-state index is 11.6. The first-order valence-corrected chi connectivity index (χ1v) is 9.12. The van der Waals surface area contributed by atoms with Gasteiger partial charge >= 0.3 is 5.97 Å². The van der Waals surface area contributed by atoms with Crippen LogP contribution in [0.15, 0.2) is 72.9 Å². The summed E-state index contributed by atoms with van der Waals surface area (Å²) in [5.41, 5.74) is 5.78. The number of hydrogen-bond donors (Lipinski definition) is 1. The second kappa shape index (κ2) is 7.24. The van der Waals surface area contributed by atoms with E-state index >= 15 is 0 Å². The lowest BCUT2D eigenvalue weighted by Crippen LogP contribution is -2.02. The van der Waals surface area contributed by atoms with E-state index in [-0.39, 0.29) is 5.97 Å². The molecule has 0 unspecified atom stereocenters. The number of aromatic hydroxyl groups is 1. The molecule has 0 radical (unpaired) electrons. The Kier molecular flexibility index (Phi) is 4.62. The molecule has 0 amide bonds. The van der Waals surface area contributed by atoms with Crippen LogP contribution in [-0.4, -0.2) is 22.8 Å². The number of methoxy groups -OCH3 is 1. The summed E-state index contributed by atoms with van der Waals surface area (Å²) in [6, 6.07) is 21.4. The van der Waals surface area contributed by atoms with Crippen molar-refractivity contribution in [3.05, 3.63) is 89.6 Å². The molecule has 0 bridgehead atoms. The van der Waals surface area contributed by atoms with Crippen molar-refractivity contribution >= 4 is 16.9 Å². The minimum Gasteiger partial charge on any atom is -0.508 e. The first-order valence-electron chi connectivity index (χ1n) is 9.12. The molecule has 4 aromatic rings. The molecule has 4 heteroatoms. The lowest BCUT2D eigenvalue weighted by Gasteiger charge is -2.11. The number of ether oxygens (including phenoxy) is 1. The van der Waals surface area contributed by atoms with Gasteiger partial charge in [0, 0.05) is 23.6 Å². The first kappa shape index (κ1) is 17.9. The van der Waals surface area contributed by atoms with Crippen LogP contribution in [0.2, 0.25) is 0 Å². The molecule has 1 N–H and O–H groups in total. The van der Waals surface area contributed by atoms with E-state index < -0.39 is 0 Å². The molecule has 140 valence electrons. The molecule has 0 spiro atoms. The molecule has 0 aliphatic heterocycles. The van der Waals surface area contributed by atoms with Crippen molar-refractivity contribution in [3.8, 4) is 16.9 Å². The average Bonchev–Trinajstić information content (AvgIpc) is 3.13. The monoisotopic (exact) mass is 371 g/mol. The van der Waals surface area contributed by atoms with Gasteiger partial charge in [0.2, 0.25) is 0 Å². The summed E-state index contributed by atoms with van der Waals surface area (Å²) >= 11 is 0. The van der Waals surface area contributed by atoms with Crippen LogP contribution >= 0.6 is 0 Å². The minimum atomic E-state index is -0.330. The van der Waals surface area contributed by atoms with Gasteiger partial charge in [-0.25, -0.2) is 4.79 Å². The molecule has 0 saturated heterocycles. The normalized spacial score (nSPS) is 10.9. The van der Waals surface area contributed by atoms with Crippen molar-refractivity contribution in [3.63, 3.8) is 0 Å². The summed E-state index contributed by atoms with van der Waals surface area (Å²) in [5, 5.41) is 11.2. The van der Waals surface area contributed by atoms with Gasteiger partial charge < -0.3 is 14.4 Å². The summed E-state index contributed by atoms with van der Waals surface area (Å²) in [6.45, 7) is 2.64. The van der Waals surface area contributed by atoms with Gasteiger partial charge in [-0.15, -0.1) is 0 Å². The fraction of sp³-hybridized carbons (Fsp3) is 0.125. The van der Waals surface area contributed by atoms with Crippen LogP contribution in [0.25, 0.3) is 22.0 Å². The van der Waals surface area contributed by atoms with Gasteiger partial charge in [-0.05, 0) is 59.5 Å². The van der Waals surface area contributed by atoms with Crippen molar-refractivity contribution in [1.82, 2.24) is 4.57 Å². The zero-order valence-electron chi connectivity index (χ0n) is 15.8. The maximum atomic E-state index is 11.6. The van der Waals surface area contributed by atoms with Crippen LogP contribution in [0.1, 0.15) is 21.5 Å². The zero-order chi connectivity index (χ0) is 19.7. The number of fused-ring (bicyclic) bond motifs is 1. The van der Waals surface area contributed by atoms with E-state index in [0.29, 0.717) is 17.9 Å². The molecule has 0 saturated carbocycles. The van der Waals surface area contributed by atoms with Crippen LogP contribution in [-0.2, 0) is 11.3 Å². The molecular weight excluding hydrogens is 350 g/mol. The zero-order valence-corrected chi connectivity index (χ0v) is 15.8. The van der Waals surface area contributed by atoms with Crippen LogP contribution < -0.4 is 0 Å². The van der Waals surface area contributed by atoms with E-state index in [1.807, 2.05) is 37.3 Å². The number of carbonyl (C=O) groups excluding carboxylic acids is 1. The Morgan fingerprint density at radius 2 is 1.68 bits per heavy atom. The van der Waals surface area contributed by atoms with E-state index in [4.69, 9.17) is 4.74 Å². The molecule has 0 aliphatic rings. The standard InChI is InChI=1S/C24H21NO3/c1-16-19(5-4-8-23(16)26)20-6-3-7-22-21(20)13-14-25(22)15-17-9-11-18(12-10-17)24(27)28-2/h3-14,26H,15H2,1-2H3. The van der Waals surface area contributed by atoms with E-state index in [9.17, 15) is 9.90 Å². The molecule has 3 aromatic carbocycles. The highest BCUT2D eigenvalue weighted by molar-refractivity contribution is 5.96. The van der Waals surface area contributed by atoms with Crippen molar-refractivity contribution in [1.29, 1.82) is 0 Å². The number of rotatable bonds is 4. The van der Waals surface area contributed by atoms with E-state index in [0.717, 1.165) is 33.2 Å². The van der Waals surface area contributed by atoms with Crippen LogP contribution in [0.3, 0.4) is 0 Å². The quantitative estimate of drug-likeness (QED) is 0.504. The third-order valence-electron chi connectivity index (χ3n) is 5.14. The molecule has 28 heavy (non-hydrogen) atoms. The van der Waals surface area contributed by atoms with E-state index in [1.165, 1.54) is 7.11 Å². The summed E-state index contributed by atoms with van der Waals surface area (Å²) in [4.78, 5) is 11.6. The second-order valence-electron chi connectivity index (χ2n) is 6.82. The molecule has 1 aromatic heterocycles. The predicted octanol–water partition coefficient (Wildman–Crippen LogP) is 5.16. The fourth-order valence-electron chi connectivity index (χ4n) is 3.57. The molecule has 1 heterocycles. The smallest absolute Gasteiger partial charge is 0.337 e. The van der Waals surface area contributed by atoms with E-state index in [2.05, 4.69) is 29.0 Å². The molecule has 4 nitrogen and oxygen atoms in total. The van der Waals surface area contributed by atoms with Crippen LogP contribution in [0, 0.1) is 6.92 Å². The Balaban J connectivity index is 1.71. The number of phenolic OH excluding ortho intramolecular Hbond substituents is 1.